The SMILES string of the molecule is CN=C(NCCOCCS(C)(=O)=O)NC1CC2CCC(C1)N2Cc1ccccc1.I. The molecular formula is C21H35IN4O3S. The largest absolute Gasteiger partial charge is 0.379 e. The molecule has 2 aliphatic rings. The van der Waals surface area contributed by atoms with Gasteiger partial charge in [-0.25, -0.2) is 8.42 Å². The molecule has 9 heteroatoms. The van der Waals surface area contributed by atoms with Gasteiger partial charge in [-0.2, -0.15) is 0 Å². The minimum absolute atomic E-state index is 0. The summed E-state index contributed by atoms with van der Waals surface area (Å²) in [6.45, 7) is 2.33. The quantitative estimate of drug-likeness (QED) is 0.212. The molecule has 0 radical (unpaired) electrons. The lowest BCUT2D eigenvalue weighted by atomic mass is 9.96. The third kappa shape index (κ3) is 7.97. The van der Waals surface area contributed by atoms with E-state index in [2.05, 4.69) is 50.9 Å². The Morgan fingerprint density at radius 2 is 1.83 bits per heavy atom. The third-order valence-electron chi connectivity index (χ3n) is 5.79. The van der Waals surface area contributed by atoms with Crippen molar-refractivity contribution in [3.8, 4) is 0 Å². The van der Waals surface area contributed by atoms with E-state index in [0.29, 0.717) is 31.3 Å². The maximum absolute atomic E-state index is 11.1. The Labute approximate surface area is 198 Å². The molecule has 170 valence electrons. The Balaban J connectivity index is 0.00000320. The van der Waals surface area contributed by atoms with E-state index in [1.54, 1.807) is 7.05 Å². The molecular weight excluding hydrogens is 515 g/mol. The molecule has 1 aromatic carbocycles. The van der Waals surface area contributed by atoms with Gasteiger partial charge in [-0.1, -0.05) is 30.3 Å². The van der Waals surface area contributed by atoms with Gasteiger partial charge in [0.25, 0.3) is 0 Å². The predicted molar refractivity (Wildman–Crippen MR) is 132 cm³/mol. The van der Waals surface area contributed by atoms with Crippen LogP contribution >= 0.6 is 24.0 Å². The molecule has 2 unspecified atom stereocenters. The van der Waals surface area contributed by atoms with Crippen molar-refractivity contribution in [1.29, 1.82) is 0 Å². The number of ether oxygens (including phenoxy) is 1. The maximum atomic E-state index is 11.1. The number of nitrogens with zero attached hydrogens (tertiary/aromatic N) is 2. The highest BCUT2D eigenvalue weighted by Gasteiger charge is 2.40. The molecule has 2 fully saturated rings. The summed E-state index contributed by atoms with van der Waals surface area (Å²) in [4.78, 5) is 7.01. The molecule has 3 rings (SSSR count). The Bertz CT molecular complexity index is 762. The lowest BCUT2D eigenvalue weighted by Gasteiger charge is -2.39. The third-order valence-corrected chi connectivity index (χ3v) is 6.70. The van der Waals surface area contributed by atoms with Crippen LogP contribution in [0.4, 0.5) is 0 Å². The second-order valence-electron chi connectivity index (χ2n) is 8.10. The minimum Gasteiger partial charge on any atom is -0.379 e. The molecule has 0 aromatic heterocycles. The first kappa shape index (κ1) is 25.4. The normalized spacial score (nSPS) is 24.3. The number of nitrogens with one attached hydrogen (secondary N) is 2. The van der Waals surface area contributed by atoms with Crippen LogP contribution < -0.4 is 10.6 Å². The molecule has 2 bridgehead atoms. The predicted octanol–water partition coefficient (Wildman–Crippen LogP) is 2.03. The van der Waals surface area contributed by atoms with Crippen LogP contribution in [-0.2, 0) is 21.1 Å². The number of aliphatic imine (C=N–C) groups is 1. The van der Waals surface area contributed by atoms with Gasteiger partial charge in [0.15, 0.2) is 5.96 Å². The fourth-order valence-electron chi connectivity index (χ4n) is 4.39. The number of hydrogen-bond donors (Lipinski definition) is 2. The minimum atomic E-state index is -2.97. The molecule has 1 aromatic rings. The van der Waals surface area contributed by atoms with Crippen LogP contribution in [0.2, 0.25) is 0 Å². The summed E-state index contributed by atoms with van der Waals surface area (Å²) >= 11 is 0. The summed E-state index contributed by atoms with van der Waals surface area (Å²) in [6, 6.07) is 12.4. The topological polar surface area (TPSA) is 83.0 Å². The monoisotopic (exact) mass is 550 g/mol. The van der Waals surface area contributed by atoms with Crippen molar-refractivity contribution < 1.29 is 13.2 Å². The van der Waals surface area contributed by atoms with E-state index in [-0.39, 0.29) is 36.3 Å². The second kappa shape index (κ2) is 12.2. The smallest absolute Gasteiger partial charge is 0.191 e. The standard InChI is InChI=1S/C21H34N4O3S.HI/c1-22-21(23-10-11-28-12-13-29(2,26)27)24-18-14-19-8-9-20(15-18)25(19)16-17-6-4-3-5-7-17;/h3-7,18-20H,8-16H2,1-2H3,(H2,22,23,24);1H. The number of piperidine rings is 1. The highest BCUT2D eigenvalue weighted by Crippen LogP contribution is 2.36. The average Bonchev–Trinajstić information content (AvgIpc) is 2.92. The van der Waals surface area contributed by atoms with E-state index < -0.39 is 9.84 Å². The first-order valence-corrected chi connectivity index (χ1v) is 12.5. The summed E-state index contributed by atoms with van der Waals surface area (Å²) in [7, 11) is -1.19. The van der Waals surface area contributed by atoms with E-state index in [0.717, 1.165) is 25.3 Å². The van der Waals surface area contributed by atoms with Crippen molar-refractivity contribution in [3.63, 3.8) is 0 Å². The molecule has 2 N–H and O–H groups in total. The Morgan fingerprint density at radius 3 is 2.43 bits per heavy atom. The molecule has 0 amide bonds. The van der Waals surface area contributed by atoms with Crippen molar-refractivity contribution in [3.05, 3.63) is 35.9 Å². The number of fused-ring (bicyclic) bond motifs is 2. The van der Waals surface area contributed by atoms with Crippen LogP contribution in [0.15, 0.2) is 35.3 Å². The zero-order chi connectivity index (χ0) is 20.7. The summed E-state index contributed by atoms with van der Waals surface area (Å²) in [5, 5.41) is 6.83. The number of rotatable bonds is 9. The molecule has 0 saturated carbocycles. The molecule has 0 aliphatic carbocycles. The lowest BCUT2D eigenvalue weighted by molar-refractivity contribution is 0.114. The van der Waals surface area contributed by atoms with Gasteiger partial charge in [0.1, 0.15) is 9.84 Å². The van der Waals surface area contributed by atoms with Gasteiger partial charge < -0.3 is 15.4 Å². The molecule has 2 heterocycles. The summed E-state index contributed by atoms with van der Waals surface area (Å²) in [5.74, 6) is 0.849. The molecule has 30 heavy (non-hydrogen) atoms. The van der Waals surface area contributed by atoms with E-state index in [1.807, 2.05) is 0 Å². The van der Waals surface area contributed by atoms with Gasteiger partial charge >= 0.3 is 0 Å². The van der Waals surface area contributed by atoms with Crippen LogP contribution in [0, 0.1) is 0 Å². The van der Waals surface area contributed by atoms with E-state index in [4.69, 9.17) is 4.74 Å². The number of benzene rings is 1. The van der Waals surface area contributed by atoms with Crippen molar-refractivity contribution in [2.75, 3.05) is 38.8 Å². The fraction of sp³-hybridized carbons (Fsp3) is 0.667. The fourth-order valence-corrected chi connectivity index (χ4v) is 4.81. The summed E-state index contributed by atoms with van der Waals surface area (Å²) < 4.78 is 27.6. The van der Waals surface area contributed by atoms with E-state index in [9.17, 15) is 8.42 Å². The van der Waals surface area contributed by atoms with Crippen LogP contribution in [0.3, 0.4) is 0 Å². The van der Waals surface area contributed by atoms with E-state index in [1.165, 1.54) is 24.7 Å². The zero-order valence-electron chi connectivity index (χ0n) is 17.9. The molecule has 2 atom stereocenters. The van der Waals surface area contributed by atoms with Gasteiger partial charge in [0.05, 0.1) is 19.0 Å². The molecule has 7 nitrogen and oxygen atoms in total. The first-order valence-electron chi connectivity index (χ1n) is 10.5. The lowest BCUT2D eigenvalue weighted by Crippen LogP contribution is -2.52. The Morgan fingerprint density at radius 1 is 1.17 bits per heavy atom. The number of sulfone groups is 1. The van der Waals surface area contributed by atoms with Crippen LogP contribution in [0.1, 0.15) is 31.2 Å². The van der Waals surface area contributed by atoms with Gasteiger partial charge in [-0.3, -0.25) is 9.89 Å². The van der Waals surface area contributed by atoms with Gasteiger partial charge in [0, 0.05) is 44.5 Å². The molecule has 2 aliphatic heterocycles. The average molecular weight is 551 g/mol. The zero-order valence-corrected chi connectivity index (χ0v) is 21.1. The summed E-state index contributed by atoms with van der Waals surface area (Å²) in [5.41, 5.74) is 1.39. The summed E-state index contributed by atoms with van der Waals surface area (Å²) in [6.07, 6.45) is 6.04. The molecule has 0 spiro atoms. The maximum Gasteiger partial charge on any atom is 0.191 e. The second-order valence-corrected chi connectivity index (χ2v) is 10.4. The number of halogens is 1. The van der Waals surface area contributed by atoms with Crippen LogP contribution in [0.5, 0.6) is 0 Å². The van der Waals surface area contributed by atoms with Gasteiger partial charge in [-0.15, -0.1) is 24.0 Å². The van der Waals surface area contributed by atoms with Crippen molar-refractivity contribution >= 4 is 39.8 Å². The number of guanidine groups is 1. The molecule has 2 saturated heterocycles. The highest BCUT2D eigenvalue weighted by atomic mass is 127. The van der Waals surface area contributed by atoms with Crippen molar-refractivity contribution in [1.82, 2.24) is 15.5 Å². The first-order chi connectivity index (χ1) is 13.9. The van der Waals surface area contributed by atoms with Crippen LogP contribution in [-0.4, -0.2) is 76.2 Å². The Hall–Kier alpha value is -0.910. The van der Waals surface area contributed by atoms with Gasteiger partial charge in [0.2, 0.25) is 0 Å². The van der Waals surface area contributed by atoms with Gasteiger partial charge in [-0.05, 0) is 31.2 Å². The van der Waals surface area contributed by atoms with Crippen molar-refractivity contribution in [2.45, 2.75) is 50.4 Å². The Kier molecular flexibility index (Phi) is 10.3. The van der Waals surface area contributed by atoms with Crippen molar-refractivity contribution in [2.24, 2.45) is 4.99 Å². The van der Waals surface area contributed by atoms with E-state index >= 15 is 0 Å². The highest BCUT2D eigenvalue weighted by molar-refractivity contribution is 14.0. The van der Waals surface area contributed by atoms with Crippen LogP contribution in [0.25, 0.3) is 0 Å². The number of hydrogen-bond acceptors (Lipinski definition) is 5.